The minimum Gasteiger partial charge on any atom is -0.505 e. The molecule has 0 fully saturated rings. The molecule has 1 amide bonds. The quantitative estimate of drug-likeness (QED) is 0.794. The zero-order chi connectivity index (χ0) is 13.6. The highest BCUT2D eigenvalue weighted by molar-refractivity contribution is 9.09. The first-order valence-electron chi connectivity index (χ1n) is 6.05. The summed E-state index contributed by atoms with van der Waals surface area (Å²) in [5, 5.41) is 13.3. The number of aromatic hydroxyl groups is 1. The van der Waals surface area contributed by atoms with Gasteiger partial charge < -0.3 is 10.4 Å². The summed E-state index contributed by atoms with van der Waals surface area (Å²) >= 11 is 3.50. The number of halogens is 1. The molecule has 1 rings (SSSR count). The van der Waals surface area contributed by atoms with Gasteiger partial charge in [-0.15, -0.1) is 0 Å². The van der Waals surface area contributed by atoms with Crippen molar-refractivity contribution in [3.05, 3.63) is 24.0 Å². The van der Waals surface area contributed by atoms with Crippen molar-refractivity contribution in [2.24, 2.45) is 5.41 Å². The standard InChI is InChI=1S/C13H19BrN2O2/c1-3-13(4-2,8-14)9-16-12(18)10-5-6-15-7-11(10)17/h5-7,17H,3-4,8-9H2,1-2H3,(H,16,18). The van der Waals surface area contributed by atoms with Gasteiger partial charge in [0.25, 0.3) is 5.91 Å². The van der Waals surface area contributed by atoms with Gasteiger partial charge in [0.15, 0.2) is 0 Å². The predicted octanol–water partition coefficient (Wildman–Crippen LogP) is 2.72. The second kappa shape index (κ2) is 6.73. The van der Waals surface area contributed by atoms with Gasteiger partial charge >= 0.3 is 0 Å². The third kappa shape index (κ3) is 3.45. The van der Waals surface area contributed by atoms with Crippen LogP contribution >= 0.6 is 15.9 Å². The normalized spacial score (nSPS) is 11.3. The number of alkyl halides is 1. The molecular weight excluding hydrogens is 296 g/mol. The van der Waals surface area contributed by atoms with Crippen molar-refractivity contribution >= 4 is 21.8 Å². The van der Waals surface area contributed by atoms with Crippen LogP contribution in [-0.4, -0.2) is 27.9 Å². The van der Waals surface area contributed by atoms with E-state index in [9.17, 15) is 9.90 Å². The zero-order valence-corrected chi connectivity index (χ0v) is 12.3. The Kier molecular flexibility index (Phi) is 5.59. The van der Waals surface area contributed by atoms with E-state index < -0.39 is 0 Å². The van der Waals surface area contributed by atoms with Crippen molar-refractivity contribution in [1.29, 1.82) is 0 Å². The summed E-state index contributed by atoms with van der Waals surface area (Å²) < 4.78 is 0. The topological polar surface area (TPSA) is 62.2 Å². The van der Waals surface area contributed by atoms with Gasteiger partial charge in [-0.25, -0.2) is 0 Å². The van der Waals surface area contributed by atoms with Crippen molar-refractivity contribution in [3.8, 4) is 5.75 Å². The summed E-state index contributed by atoms with van der Waals surface area (Å²) in [6.07, 6.45) is 4.73. The lowest BCUT2D eigenvalue weighted by atomic mass is 9.84. The summed E-state index contributed by atoms with van der Waals surface area (Å²) in [7, 11) is 0. The summed E-state index contributed by atoms with van der Waals surface area (Å²) in [6.45, 7) is 4.81. The summed E-state index contributed by atoms with van der Waals surface area (Å²) in [4.78, 5) is 15.7. The molecule has 0 saturated carbocycles. The molecule has 1 aromatic rings. The van der Waals surface area contributed by atoms with E-state index in [0.717, 1.165) is 18.2 Å². The number of rotatable bonds is 6. The highest BCUT2D eigenvalue weighted by atomic mass is 79.9. The zero-order valence-electron chi connectivity index (χ0n) is 10.7. The Morgan fingerprint density at radius 3 is 2.67 bits per heavy atom. The second-order valence-corrected chi connectivity index (χ2v) is 4.98. The van der Waals surface area contributed by atoms with E-state index in [1.807, 2.05) is 0 Å². The molecule has 0 spiro atoms. The van der Waals surface area contributed by atoms with Gasteiger partial charge in [-0.1, -0.05) is 29.8 Å². The molecule has 0 aliphatic rings. The Morgan fingerprint density at radius 1 is 1.50 bits per heavy atom. The molecule has 0 radical (unpaired) electrons. The number of hydrogen-bond donors (Lipinski definition) is 2. The largest absolute Gasteiger partial charge is 0.505 e. The van der Waals surface area contributed by atoms with Crippen molar-refractivity contribution in [2.75, 3.05) is 11.9 Å². The molecule has 0 unspecified atom stereocenters. The van der Waals surface area contributed by atoms with Gasteiger partial charge in [0.2, 0.25) is 0 Å². The van der Waals surface area contributed by atoms with Crippen LogP contribution in [0.4, 0.5) is 0 Å². The van der Waals surface area contributed by atoms with Crippen LogP contribution in [0.25, 0.3) is 0 Å². The Morgan fingerprint density at radius 2 is 2.17 bits per heavy atom. The van der Waals surface area contributed by atoms with Gasteiger partial charge in [0, 0.05) is 18.1 Å². The first-order chi connectivity index (χ1) is 8.58. The van der Waals surface area contributed by atoms with Gasteiger partial charge in [-0.3, -0.25) is 9.78 Å². The fourth-order valence-electron chi connectivity index (χ4n) is 1.68. The number of nitrogens with zero attached hydrogens (tertiary/aromatic N) is 1. The molecule has 5 heteroatoms. The third-order valence-corrected chi connectivity index (χ3v) is 4.64. The summed E-state index contributed by atoms with van der Waals surface area (Å²) in [6, 6.07) is 1.51. The van der Waals surface area contributed by atoms with Gasteiger partial charge in [-0.2, -0.15) is 0 Å². The van der Waals surface area contributed by atoms with Crippen LogP contribution in [0.5, 0.6) is 5.75 Å². The number of hydrogen-bond acceptors (Lipinski definition) is 3. The van der Waals surface area contributed by atoms with Crippen LogP contribution in [0.3, 0.4) is 0 Å². The highest BCUT2D eigenvalue weighted by Crippen LogP contribution is 2.28. The van der Waals surface area contributed by atoms with Crippen LogP contribution in [0.15, 0.2) is 18.5 Å². The fourth-order valence-corrected chi connectivity index (χ4v) is 2.67. The lowest BCUT2D eigenvalue weighted by Crippen LogP contribution is -2.38. The maximum Gasteiger partial charge on any atom is 0.255 e. The molecule has 100 valence electrons. The summed E-state index contributed by atoms with van der Waals surface area (Å²) in [5.74, 6) is -0.352. The minimum atomic E-state index is -0.262. The molecule has 0 bridgehead atoms. The predicted molar refractivity (Wildman–Crippen MR) is 75.0 cm³/mol. The molecule has 18 heavy (non-hydrogen) atoms. The molecule has 4 nitrogen and oxygen atoms in total. The first-order valence-corrected chi connectivity index (χ1v) is 7.18. The number of carbonyl (C=O) groups is 1. The average molecular weight is 315 g/mol. The van der Waals surface area contributed by atoms with Gasteiger partial charge in [0.1, 0.15) is 5.75 Å². The molecule has 0 aliphatic heterocycles. The van der Waals surface area contributed by atoms with Gasteiger partial charge in [-0.05, 0) is 24.3 Å². The third-order valence-electron chi connectivity index (χ3n) is 3.45. The van der Waals surface area contributed by atoms with E-state index in [-0.39, 0.29) is 22.6 Å². The number of nitrogens with one attached hydrogen (secondary N) is 1. The lowest BCUT2D eigenvalue weighted by molar-refractivity contribution is 0.0929. The highest BCUT2D eigenvalue weighted by Gasteiger charge is 2.25. The van der Waals surface area contributed by atoms with Crippen molar-refractivity contribution < 1.29 is 9.90 Å². The van der Waals surface area contributed by atoms with E-state index in [1.165, 1.54) is 18.5 Å². The maximum absolute atomic E-state index is 11.9. The van der Waals surface area contributed by atoms with E-state index in [0.29, 0.717) is 6.54 Å². The summed E-state index contributed by atoms with van der Waals surface area (Å²) in [5.41, 5.74) is 0.332. The molecule has 1 heterocycles. The van der Waals surface area contributed by atoms with E-state index >= 15 is 0 Å². The molecule has 2 N–H and O–H groups in total. The van der Waals surface area contributed by atoms with Crippen LogP contribution in [0, 0.1) is 5.41 Å². The van der Waals surface area contributed by atoms with Crippen molar-refractivity contribution in [1.82, 2.24) is 10.3 Å². The molecule has 0 aromatic carbocycles. The van der Waals surface area contributed by atoms with Crippen molar-refractivity contribution in [2.45, 2.75) is 26.7 Å². The SMILES string of the molecule is CCC(CC)(CBr)CNC(=O)c1ccncc1O. The monoisotopic (exact) mass is 314 g/mol. The van der Waals surface area contributed by atoms with E-state index in [4.69, 9.17) is 0 Å². The molecule has 0 atom stereocenters. The maximum atomic E-state index is 11.9. The Bertz CT molecular complexity index is 397. The number of amides is 1. The Labute approximate surface area is 116 Å². The number of carbonyl (C=O) groups excluding carboxylic acids is 1. The van der Waals surface area contributed by atoms with E-state index in [2.05, 4.69) is 40.1 Å². The van der Waals surface area contributed by atoms with Crippen LogP contribution in [-0.2, 0) is 0 Å². The second-order valence-electron chi connectivity index (χ2n) is 4.42. The Balaban J connectivity index is 2.69. The average Bonchev–Trinajstić information content (AvgIpc) is 2.41. The molecule has 0 saturated heterocycles. The Hall–Kier alpha value is -1.10. The fraction of sp³-hybridized carbons (Fsp3) is 0.538. The number of pyridine rings is 1. The number of aromatic nitrogens is 1. The van der Waals surface area contributed by atoms with Crippen LogP contribution < -0.4 is 5.32 Å². The molecule has 0 aliphatic carbocycles. The van der Waals surface area contributed by atoms with Gasteiger partial charge in [0.05, 0.1) is 11.8 Å². The lowest BCUT2D eigenvalue weighted by Gasteiger charge is -2.29. The van der Waals surface area contributed by atoms with E-state index in [1.54, 1.807) is 0 Å². The smallest absolute Gasteiger partial charge is 0.255 e. The first kappa shape index (κ1) is 15.0. The van der Waals surface area contributed by atoms with Crippen LogP contribution in [0.2, 0.25) is 0 Å². The minimum absolute atomic E-state index is 0.0678. The molecular formula is C13H19BrN2O2. The molecule has 1 aromatic heterocycles. The van der Waals surface area contributed by atoms with Crippen LogP contribution in [0.1, 0.15) is 37.0 Å². The van der Waals surface area contributed by atoms with Crippen molar-refractivity contribution in [3.63, 3.8) is 0 Å².